The van der Waals surface area contributed by atoms with Crippen molar-refractivity contribution in [1.82, 2.24) is 9.62 Å². The first-order chi connectivity index (χ1) is 19.6. The summed E-state index contributed by atoms with van der Waals surface area (Å²) in [7, 11) is -1.55. The van der Waals surface area contributed by atoms with Gasteiger partial charge in [-0.2, -0.15) is 18.0 Å². The molecule has 2 saturated heterocycles. The van der Waals surface area contributed by atoms with Crippen LogP contribution in [0.15, 0.2) is 35.3 Å². The Bertz CT molecular complexity index is 1540. The summed E-state index contributed by atoms with van der Waals surface area (Å²) < 4.78 is 55.2. The number of quaternary nitrogens is 1. The Labute approximate surface area is 247 Å². The number of carbonyl (C=O) groups excluding carboxylic acids is 1. The van der Waals surface area contributed by atoms with Crippen LogP contribution in [0.2, 0.25) is 0 Å². The van der Waals surface area contributed by atoms with Gasteiger partial charge in [0, 0.05) is 20.0 Å². The van der Waals surface area contributed by atoms with E-state index in [4.69, 9.17) is 9.47 Å². The third-order valence-corrected chi connectivity index (χ3v) is 11.0. The molecule has 1 unspecified atom stereocenters. The summed E-state index contributed by atoms with van der Waals surface area (Å²) >= 11 is 4.47. The van der Waals surface area contributed by atoms with Crippen LogP contribution in [0.3, 0.4) is 0 Å². The molecule has 1 amide bonds. The lowest BCUT2D eigenvalue weighted by atomic mass is 9.88. The van der Waals surface area contributed by atoms with Crippen molar-refractivity contribution in [2.75, 3.05) is 38.0 Å². The van der Waals surface area contributed by atoms with Crippen LogP contribution in [0.25, 0.3) is 0 Å². The number of nitrogens with zero attached hydrogens (tertiary/aromatic N) is 4. The van der Waals surface area contributed by atoms with E-state index < -0.39 is 21.8 Å². The lowest BCUT2D eigenvalue weighted by Crippen LogP contribution is -2.54. The topological polar surface area (TPSA) is 133 Å². The van der Waals surface area contributed by atoms with Crippen molar-refractivity contribution in [3.8, 4) is 17.6 Å². The van der Waals surface area contributed by atoms with Crippen LogP contribution in [-0.2, 0) is 14.9 Å². The predicted molar refractivity (Wildman–Crippen MR) is 157 cm³/mol. The van der Waals surface area contributed by atoms with Gasteiger partial charge in [-0.3, -0.25) is 4.72 Å². The van der Waals surface area contributed by atoms with Gasteiger partial charge < -0.3 is 14.8 Å². The van der Waals surface area contributed by atoms with Crippen LogP contribution in [0.4, 0.5) is 15.8 Å². The molecule has 0 saturated carbocycles. The molecular weight excluding hydrogens is 592 g/mol. The third-order valence-electron chi connectivity index (χ3n) is 7.80. The van der Waals surface area contributed by atoms with E-state index in [1.807, 2.05) is 6.07 Å². The Balaban J connectivity index is 1.45. The summed E-state index contributed by atoms with van der Waals surface area (Å²) in [6.45, 7) is 3.92. The summed E-state index contributed by atoms with van der Waals surface area (Å²) in [6, 6.07) is 8.30. The number of benzene rings is 2. The number of carbonyl (C=O) groups is 1. The summed E-state index contributed by atoms with van der Waals surface area (Å²) in [5, 5.41) is 13.1. The average molecular weight is 622 g/mol. The van der Waals surface area contributed by atoms with Crippen molar-refractivity contribution in [3.63, 3.8) is 0 Å². The molecule has 3 aliphatic rings. The fraction of sp³-hybridized carbons (Fsp3) is 0.423. The molecule has 5 rings (SSSR count). The third kappa shape index (κ3) is 5.45. The van der Waals surface area contributed by atoms with Gasteiger partial charge in [0.05, 0.1) is 17.0 Å². The van der Waals surface area contributed by atoms with Crippen molar-refractivity contribution in [2.45, 2.75) is 37.8 Å². The highest BCUT2D eigenvalue weighted by Gasteiger charge is 2.55. The Kier molecular flexibility index (Phi) is 8.37. The fourth-order valence-electron chi connectivity index (χ4n) is 5.29. The van der Waals surface area contributed by atoms with E-state index >= 15 is 0 Å². The molecule has 2 fully saturated rings. The van der Waals surface area contributed by atoms with Gasteiger partial charge >= 0.3 is 16.1 Å². The number of amides is 1. The van der Waals surface area contributed by atoms with Crippen molar-refractivity contribution < 1.29 is 31.0 Å². The molecule has 0 radical (unpaired) electrons. The number of nitriles is 1. The van der Waals surface area contributed by atoms with Crippen molar-refractivity contribution in [1.29, 1.82) is 5.26 Å². The molecule has 3 aliphatic heterocycles. The van der Waals surface area contributed by atoms with Crippen LogP contribution in [0.1, 0.15) is 42.1 Å². The summed E-state index contributed by atoms with van der Waals surface area (Å²) in [5.74, 6) is -1.54. The molecule has 1 spiro atoms. The quantitative estimate of drug-likeness (QED) is 0.174. The van der Waals surface area contributed by atoms with Gasteiger partial charge in [0.15, 0.2) is 22.5 Å². The fourth-order valence-corrected chi connectivity index (χ4v) is 7.51. The molecule has 218 valence electrons. The molecule has 3 heterocycles. The number of thiol groups is 1. The maximum absolute atomic E-state index is 14.9. The predicted octanol–water partition coefficient (Wildman–Crippen LogP) is 4.13. The van der Waals surface area contributed by atoms with E-state index in [2.05, 4.69) is 26.7 Å². The first kappa shape index (κ1) is 29.8. The molecule has 0 bridgehead atoms. The van der Waals surface area contributed by atoms with Gasteiger partial charge in [0.2, 0.25) is 6.34 Å². The summed E-state index contributed by atoms with van der Waals surface area (Å²) in [4.78, 5) is 18.6. The number of piperidine rings is 1. The van der Waals surface area contributed by atoms with Gasteiger partial charge in [-0.25, -0.2) is 14.2 Å². The molecule has 2 aromatic rings. The largest absolute Gasteiger partial charge is 0.453 e. The lowest BCUT2D eigenvalue weighted by molar-refractivity contribution is -0.629. The Morgan fingerprint density at radius 1 is 1.37 bits per heavy atom. The molecule has 11 nitrogen and oxygen atoms in total. The summed E-state index contributed by atoms with van der Waals surface area (Å²) in [5.41, 5.74) is -0.102. The number of halogens is 1. The number of hydrogen-bond donors (Lipinski definition) is 3. The van der Waals surface area contributed by atoms with Gasteiger partial charge in [-0.15, -0.1) is 3.89 Å². The molecule has 2 N–H and O–H groups in total. The maximum Gasteiger partial charge on any atom is 0.366 e. The normalized spacial score (nSPS) is 23.4. The van der Waals surface area contributed by atoms with Crippen LogP contribution in [-0.4, -0.2) is 73.8 Å². The minimum Gasteiger partial charge on any atom is -0.453 e. The number of fused-ring (bicyclic) bond motifs is 1. The molecule has 15 heteroatoms. The van der Waals surface area contributed by atoms with Crippen LogP contribution in [0, 0.1) is 17.1 Å². The van der Waals surface area contributed by atoms with Crippen molar-refractivity contribution in [2.24, 2.45) is 4.99 Å². The molecule has 41 heavy (non-hydrogen) atoms. The average Bonchev–Trinajstić information content (AvgIpc) is 3.38. The first-order valence-electron chi connectivity index (χ1n) is 13.0. The highest BCUT2D eigenvalue weighted by Crippen LogP contribution is 2.46. The Morgan fingerprint density at radius 2 is 2.12 bits per heavy atom. The molecule has 0 aromatic heterocycles. The smallest absolute Gasteiger partial charge is 0.366 e. The van der Waals surface area contributed by atoms with Crippen LogP contribution in [0.5, 0.6) is 11.5 Å². The van der Waals surface area contributed by atoms with Gasteiger partial charge in [0.25, 0.3) is 0 Å². The van der Waals surface area contributed by atoms with Crippen LogP contribution < -0.4 is 14.8 Å². The van der Waals surface area contributed by atoms with Gasteiger partial charge in [-0.05, 0) is 67.9 Å². The standard InChI is InChI=1S/C26H29FN6O5S3/c1-3-32(2)41(35,36)31-23-7-5-21(27)24(20(23)14-28)38-18-4-6-22-19(12-18)25(34)33(40-39,16-30-22)17-13-26(37-15-17)8-10-29-11-9-26/h4-7,12,16-17,29,31H,3,8-11,13,15H2,1-2H3/p+1/t17-,33?/m1/s1. The van der Waals surface area contributed by atoms with Crippen LogP contribution >= 0.6 is 22.6 Å². The number of ether oxygens (including phenoxy) is 2. The Hall–Kier alpha value is -2.71. The second-order valence-corrected chi connectivity index (χ2v) is 13.2. The zero-order valence-corrected chi connectivity index (χ0v) is 25.0. The lowest BCUT2D eigenvalue weighted by Gasteiger charge is -2.36. The highest BCUT2D eigenvalue weighted by atomic mass is 33.1. The monoisotopic (exact) mass is 621 g/mol. The van der Waals surface area contributed by atoms with Gasteiger partial charge in [0.1, 0.15) is 35.6 Å². The molecular formula is C26H30FN6O5S3+. The second-order valence-electron chi connectivity index (χ2n) is 10.2. The van der Waals surface area contributed by atoms with E-state index in [0.29, 0.717) is 18.7 Å². The minimum absolute atomic E-state index is 0.0787. The molecule has 2 aromatic carbocycles. The molecule has 0 aliphatic carbocycles. The van der Waals surface area contributed by atoms with Crippen molar-refractivity contribution >= 4 is 56.5 Å². The Morgan fingerprint density at radius 3 is 2.80 bits per heavy atom. The van der Waals surface area contributed by atoms with E-state index in [1.165, 1.54) is 19.2 Å². The number of aliphatic imine (C=N–C) groups is 1. The second kappa shape index (κ2) is 11.5. The summed E-state index contributed by atoms with van der Waals surface area (Å²) in [6.07, 6.45) is 3.99. The van der Waals surface area contributed by atoms with E-state index in [1.54, 1.807) is 19.3 Å². The highest BCUT2D eigenvalue weighted by molar-refractivity contribution is 8.66. The number of anilines is 1. The van der Waals surface area contributed by atoms with E-state index in [0.717, 1.165) is 53.3 Å². The number of rotatable bonds is 8. The van der Waals surface area contributed by atoms with Crippen molar-refractivity contribution in [3.05, 3.63) is 47.3 Å². The number of hydrogen-bond acceptors (Lipinski definition) is 10. The molecule has 2 atom stereocenters. The SMILES string of the molecule is CCN(C)S(=O)(=O)Nc1ccc(F)c(Oc2ccc3c(c2)C(=O)[N+](SS)([C@H]2COC4(CCNCC4)C2)C=N3)c1C#N. The zero-order valence-electron chi connectivity index (χ0n) is 22.5. The van der Waals surface area contributed by atoms with Gasteiger partial charge in [-0.1, -0.05) is 6.92 Å². The first-order valence-corrected chi connectivity index (χ1v) is 16.3. The zero-order chi connectivity index (χ0) is 29.4. The maximum atomic E-state index is 14.9. The number of nitrogens with one attached hydrogen (secondary N) is 2. The van der Waals surface area contributed by atoms with E-state index in [9.17, 15) is 22.9 Å². The van der Waals surface area contributed by atoms with E-state index in [-0.39, 0.29) is 50.5 Å². The minimum atomic E-state index is -3.98.